The molecular formula is C16H21NS. The second-order valence-corrected chi connectivity index (χ2v) is 5.52. The second kappa shape index (κ2) is 6.72. The van der Waals surface area contributed by atoms with E-state index in [-0.39, 0.29) is 0 Å². The highest BCUT2D eigenvalue weighted by Crippen LogP contribution is 2.11. The Morgan fingerprint density at radius 1 is 1.17 bits per heavy atom. The van der Waals surface area contributed by atoms with Crippen LogP contribution in [0.1, 0.15) is 30.5 Å². The normalized spacial score (nSPS) is 12.6. The molecule has 1 aromatic carbocycles. The molecule has 2 heteroatoms. The molecule has 0 amide bonds. The number of aryl methyl sites for hydroxylation is 1. The van der Waals surface area contributed by atoms with Gasteiger partial charge in [-0.15, -0.1) is 0 Å². The number of thiophene rings is 1. The Morgan fingerprint density at radius 2 is 1.94 bits per heavy atom. The fourth-order valence-corrected chi connectivity index (χ4v) is 2.88. The van der Waals surface area contributed by atoms with Gasteiger partial charge in [-0.25, -0.2) is 0 Å². The Balaban J connectivity index is 1.87. The fraction of sp³-hybridized carbons (Fsp3) is 0.375. The van der Waals surface area contributed by atoms with Gasteiger partial charge in [-0.05, 0) is 53.3 Å². The third-order valence-corrected chi connectivity index (χ3v) is 3.99. The van der Waals surface area contributed by atoms with Crippen molar-refractivity contribution in [3.63, 3.8) is 0 Å². The van der Waals surface area contributed by atoms with Crippen LogP contribution >= 0.6 is 11.3 Å². The van der Waals surface area contributed by atoms with E-state index in [0.717, 1.165) is 19.4 Å². The molecule has 96 valence electrons. The van der Waals surface area contributed by atoms with Crippen LogP contribution in [0.3, 0.4) is 0 Å². The molecule has 0 aliphatic carbocycles. The maximum absolute atomic E-state index is 3.62. The lowest BCUT2D eigenvalue weighted by Crippen LogP contribution is -2.27. The fourth-order valence-electron chi connectivity index (χ4n) is 2.19. The maximum atomic E-state index is 3.62. The van der Waals surface area contributed by atoms with Gasteiger partial charge < -0.3 is 5.32 Å². The minimum absolute atomic E-state index is 0.518. The standard InChI is InChI=1S/C16H21NS/c1-3-15-6-4-5-7-16(15)11-17-13(2)10-14-8-9-18-12-14/h4-9,12-13,17H,3,10-11H2,1-2H3. The van der Waals surface area contributed by atoms with Gasteiger partial charge in [0.1, 0.15) is 0 Å². The lowest BCUT2D eigenvalue weighted by molar-refractivity contribution is 0.544. The van der Waals surface area contributed by atoms with Crippen molar-refractivity contribution in [2.75, 3.05) is 0 Å². The van der Waals surface area contributed by atoms with Crippen LogP contribution in [0.5, 0.6) is 0 Å². The molecule has 1 atom stereocenters. The van der Waals surface area contributed by atoms with Crippen LogP contribution in [0.15, 0.2) is 41.1 Å². The molecule has 0 radical (unpaired) electrons. The van der Waals surface area contributed by atoms with Crippen LogP contribution in [-0.4, -0.2) is 6.04 Å². The predicted octanol–water partition coefficient (Wildman–Crippen LogP) is 4.03. The zero-order chi connectivity index (χ0) is 12.8. The Hall–Kier alpha value is -1.12. The van der Waals surface area contributed by atoms with Crippen molar-refractivity contribution in [1.82, 2.24) is 5.32 Å². The summed E-state index contributed by atoms with van der Waals surface area (Å²) in [5.41, 5.74) is 4.31. The maximum Gasteiger partial charge on any atom is 0.0210 e. The summed E-state index contributed by atoms with van der Waals surface area (Å²) >= 11 is 1.77. The number of benzene rings is 1. The monoisotopic (exact) mass is 259 g/mol. The molecule has 18 heavy (non-hydrogen) atoms. The van der Waals surface area contributed by atoms with Gasteiger partial charge in [0.2, 0.25) is 0 Å². The Morgan fingerprint density at radius 3 is 2.61 bits per heavy atom. The molecule has 2 rings (SSSR count). The van der Waals surface area contributed by atoms with E-state index >= 15 is 0 Å². The summed E-state index contributed by atoms with van der Waals surface area (Å²) in [5, 5.41) is 8.00. The van der Waals surface area contributed by atoms with Crippen LogP contribution < -0.4 is 5.32 Å². The van der Waals surface area contributed by atoms with Crippen molar-refractivity contribution >= 4 is 11.3 Å². The summed E-state index contributed by atoms with van der Waals surface area (Å²) in [7, 11) is 0. The predicted molar refractivity (Wildman–Crippen MR) is 80.1 cm³/mol. The van der Waals surface area contributed by atoms with Crippen molar-refractivity contribution in [2.45, 2.75) is 39.3 Å². The average molecular weight is 259 g/mol. The summed E-state index contributed by atoms with van der Waals surface area (Å²) in [6.45, 7) is 5.44. The number of rotatable bonds is 6. The van der Waals surface area contributed by atoms with Crippen molar-refractivity contribution in [3.8, 4) is 0 Å². The Kier molecular flexibility index (Phi) is 4.97. The van der Waals surface area contributed by atoms with E-state index in [2.05, 4.69) is 60.3 Å². The number of hydrogen-bond acceptors (Lipinski definition) is 2. The molecular weight excluding hydrogens is 238 g/mol. The third kappa shape index (κ3) is 3.69. The molecule has 0 saturated carbocycles. The van der Waals surface area contributed by atoms with Gasteiger partial charge in [-0.2, -0.15) is 11.3 Å². The topological polar surface area (TPSA) is 12.0 Å². The van der Waals surface area contributed by atoms with Crippen LogP contribution in [-0.2, 0) is 19.4 Å². The molecule has 2 aromatic rings. The minimum Gasteiger partial charge on any atom is -0.310 e. The average Bonchev–Trinajstić information content (AvgIpc) is 2.89. The molecule has 0 spiro atoms. The molecule has 1 aromatic heterocycles. The molecule has 1 N–H and O–H groups in total. The summed E-state index contributed by atoms with van der Waals surface area (Å²) < 4.78 is 0. The summed E-state index contributed by atoms with van der Waals surface area (Å²) in [6.07, 6.45) is 2.22. The SMILES string of the molecule is CCc1ccccc1CNC(C)Cc1ccsc1. The Bertz CT molecular complexity index is 462. The molecule has 0 bridgehead atoms. The van der Waals surface area contributed by atoms with E-state index in [9.17, 15) is 0 Å². The lowest BCUT2D eigenvalue weighted by atomic mass is 10.0. The van der Waals surface area contributed by atoms with E-state index in [0.29, 0.717) is 6.04 Å². The van der Waals surface area contributed by atoms with E-state index in [4.69, 9.17) is 0 Å². The summed E-state index contributed by atoms with van der Waals surface area (Å²) in [4.78, 5) is 0. The molecule has 0 aliphatic rings. The van der Waals surface area contributed by atoms with Crippen LogP contribution in [0.25, 0.3) is 0 Å². The first-order chi connectivity index (χ1) is 8.79. The van der Waals surface area contributed by atoms with Gasteiger partial charge in [0.25, 0.3) is 0 Å². The largest absolute Gasteiger partial charge is 0.310 e. The summed E-state index contributed by atoms with van der Waals surface area (Å²) in [5.74, 6) is 0. The first-order valence-electron chi connectivity index (χ1n) is 6.61. The molecule has 1 unspecified atom stereocenters. The van der Waals surface area contributed by atoms with Crippen molar-refractivity contribution in [2.24, 2.45) is 0 Å². The summed E-state index contributed by atoms with van der Waals surface area (Å²) in [6, 6.07) is 11.4. The van der Waals surface area contributed by atoms with Crippen molar-refractivity contribution in [3.05, 3.63) is 57.8 Å². The van der Waals surface area contributed by atoms with Crippen molar-refractivity contribution < 1.29 is 0 Å². The van der Waals surface area contributed by atoms with Gasteiger partial charge in [0.05, 0.1) is 0 Å². The minimum atomic E-state index is 0.518. The first-order valence-corrected chi connectivity index (χ1v) is 7.55. The number of nitrogens with one attached hydrogen (secondary N) is 1. The van der Waals surface area contributed by atoms with E-state index in [1.807, 2.05) is 0 Å². The van der Waals surface area contributed by atoms with E-state index < -0.39 is 0 Å². The zero-order valence-corrected chi connectivity index (χ0v) is 12.0. The van der Waals surface area contributed by atoms with E-state index in [1.165, 1.54) is 16.7 Å². The van der Waals surface area contributed by atoms with Gasteiger partial charge in [-0.1, -0.05) is 31.2 Å². The quantitative estimate of drug-likeness (QED) is 0.826. The molecule has 0 fully saturated rings. The van der Waals surface area contributed by atoms with E-state index in [1.54, 1.807) is 11.3 Å². The van der Waals surface area contributed by atoms with Gasteiger partial charge in [0, 0.05) is 12.6 Å². The second-order valence-electron chi connectivity index (χ2n) is 4.74. The molecule has 1 nitrogen and oxygen atoms in total. The molecule has 0 saturated heterocycles. The van der Waals surface area contributed by atoms with Crippen LogP contribution in [0.2, 0.25) is 0 Å². The molecule has 0 aliphatic heterocycles. The first kappa shape index (κ1) is 13.3. The lowest BCUT2D eigenvalue weighted by Gasteiger charge is -2.15. The van der Waals surface area contributed by atoms with Gasteiger partial charge in [0.15, 0.2) is 0 Å². The van der Waals surface area contributed by atoms with Crippen LogP contribution in [0.4, 0.5) is 0 Å². The number of hydrogen-bond donors (Lipinski definition) is 1. The molecule has 1 heterocycles. The van der Waals surface area contributed by atoms with Crippen molar-refractivity contribution in [1.29, 1.82) is 0 Å². The highest BCUT2D eigenvalue weighted by molar-refractivity contribution is 7.07. The highest BCUT2D eigenvalue weighted by atomic mass is 32.1. The zero-order valence-electron chi connectivity index (χ0n) is 11.1. The third-order valence-electron chi connectivity index (χ3n) is 3.26. The van der Waals surface area contributed by atoms with Gasteiger partial charge in [-0.3, -0.25) is 0 Å². The Labute approximate surface area is 114 Å². The van der Waals surface area contributed by atoms with Crippen LogP contribution in [0, 0.1) is 0 Å². The van der Waals surface area contributed by atoms with Gasteiger partial charge >= 0.3 is 0 Å². The highest BCUT2D eigenvalue weighted by Gasteiger charge is 2.05. The smallest absolute Gasteiger partial charge is 0.0210 e.